The summed E-state index contributed by atoms with van der Waals surface area (Å²) < 4.78 is 26.5. The minimum absolute atomic E-state index is 0.140. The molecule has 0 fully saturated rings. The minimum Gasteiger partial charge on any atom is -0.206 e. The van der Waals surface area contributed by atoms with E-state index in [1.54, 1.807) is 6.92 Å². The number of hydrogen-bond donors (Lipinski definition) is 1. The molecule has 0 atom stereocenters. The second-order valence-corrected chi connectivity index (χ2v) is 2.85. The molecule has 0 amide bonds. The molecule has 0 unspecified atom stereocenters. The number of nitrogens with zero attached hydrogens (tertiary/aromatic N) is 2. The van der Waals surface area contributed by atoms with Gasteiger partial charge in [-0.3, -0.25) is 0 Å². The molecule has 1 aromatic heterocycles. The van der Waals surface area contributed by atoms with E-state index in [4.69, 9.17) is 0 Å². The van der Waals surface area contributed by atoms with Crippen molar-refractivity contribution in [1.82, 2.24) is 15.4 Å². The van der Waals surface area contributed by atoms with E-state index in [0.29, 0.717) is 5.69 Å². The van der Waals surface area contributed by atoms with Gasteiger partial charge < -0.3 is 0 Å². The highest BCUT2D eigenvalue weighted by Gasteiger charge is 2.15. The van der Waals surface area contributed by atoms with Crippen LogP contribution < -0.4 is 0 Å². The van der Waals surface area contributed by atoms with E-state index >= 15 is 0 Å². The third-order valence-corrected chi connectivity index (χ3v) is 1.92. The van der Waals surface area contributed by atoms with Crippen LogP contribution in [0.2, 0.25) is 0 Å². The first-order chi connectivity index (χ1) is 6.70. The van der Waals surface area contributed by atoms with Crippen molar-refractivity contribution in [1.29, 1.82) is 0 Å². The largest absolute Gasteiger partial charge is 0.206 e. The second kappa shape index (κ2) is 3.17. The predicted octanol–water partition coefficient (Wildman–Crippen LogP) is 2.06. The molecule has 0 spiro atoms. The minimum atomic E-state index is -0.637. The average Bonchev–Trinajstić information content (AvgIpc) is 2.52. The Kier molecular flexibility index (Phi) is 1.99. The highest BCUT2D eigenvalue weighted by Crippen LogP contribution is 2.25. The van der Waals surface area contributed by atoms with Crippen molar-refractivity contribution in [2.75, 3.05) is 0 Å². The van der Waals surface area contributed by atoms with E-state index in [2.05, 4.69) is 15.4 Å². The lowest BCUT2D eigenvalue weighted by Gasteiger charge is -2.00. The summed E-state index contributed by atoms with van der Waals surface area (Å²) in [5, 5.41) is 9.71. The van der Waals surface area contributed by atoms with E-state index < -0.39 is 11.6 Å². The van der Waals surface area contributed by atoms with Gasteiger partial charge in [0.15, 0.2) is 0 Å². The number of aromatic amines is 1. The Morgan fingerprint density at radius 3 is 2.29 bits per heavy atom. The molecule has 14 heavy (non-hydrogen) atoms. The van der Waals surface area contributed by atoms with Crippen LogP contribution >= 0.6 is 0 Å². The Labute approximate surface area is 78.8 Å². The zero-order valence-corrected chi connectivity index (χ0v) is 7.38. The zero-order valence-electron chi connectivity index (χ0n) is 7.38. The zero-order chi connectivity index (χ0) is 10.1. The van der Waals surface area contributed by atoms with Crippen LogP contribution in [-0.4, -0.2) is 15.4 Å². The van der Waals surface area contributed by atoms with Gasteiger partial charge in [-0.2, -0.15) is 15.4 Å². The highest BCUT2D eigenvalue weighted by molar-refractivity contribution is 5.62. The van der Waals surface area contributed by atoms with Crippen LogP contribution in [0, 0.1) is 18.6 Å². The number of hydrogen-bond acceptors (Lipinski definition) is 2. The SMILES string of the molecule is Cc1n[nH]nc1-c1c(F)cccc1F. The summed E-state index contributed by atoms with van der Waals surface area (Å²) in [7, 11) is 0. The Hall–Kier alpha value is -1.78. The first-order valence-corrected chi connectivity index (χ1v) is 4.02. The second-order valence-electron chi connectivity index (χ2n) is 2.85. The van der Waals surface area contributed by atoms with Crippen LogP contribution in [0.3, 0.4) is 0 Å². The summed E-state index contributed by atoms with van der Waals surface area (Å²) in [5.41, 5.74) is 0.536. The summed E-state index contributed by atoms with van der Waals surface area (Å²) in [5.74, 6) is -1.27. The summed E-state index contributed by atoms with van der Waals surface area (Å²) in [6.45, 7) is 1.63. The average molecular weight is 195 g/mol. The number of aromatic nitrogens is 3. The van der Waals surface area contributed by atoms with Crippen LogP contribution in [0.15, 0.2) is 18.2 Å². The molecule has 0 bridgehead atoms. The lowest BCUT2D eigenvalue weighted by atomic mass is 10.1. The van der Waals surface area contributed by atoms with Gasteiger partial charge in [-0.05, 0) is 19.1 Å². The molecule has 0 saturated carbocycles. The standard InChI is InChI=1S/C9H7F2N3/c1-5-9(13-14-12-5)8-6(10)3-2-4-7(8)11/h2-4H,1H3,(H,12,13,14). The molecule has 1 aromatic carbocycles. The lowest BCUT2D eigenvalue weighted by molar-refractivity contribution is 0.588. The summed E-state index contributed by atoms with van der Waals surface area (Å²) in [6, 6.07) is 3.68. The van der Waals surface area contributed by atoms with Crippen LogP contribution in [0.25, 0.3) is 11.3 Å². The topological polar surface area (TPSA) is 41.6 Å². The van der Waals surface area contributed by atoms with Crippen LogP contribution in [-0.2, 0) is 0 Å². The lowest BCUT2D eigenvalue weighted by Crippen LogP contribution is -1.91. The third-order valence-electron chi connectivity index (χ3n) is 1.92. The van der Waals surface area contributed by atoms with Crippen molar-refractivity contribution in [3.8, 4) is 11.3 Å². The predicted molar refractivity (Wildman–Crippen MR) is 46.5 cm³/mol. The molecule has 0 aliphatic carbocycles. The molecule has 0 radical (unpaired) electrons. The van der Waals surface area contributed by atoms with Gasteiger partial charge in [0.1, 0.15) is 17.3 Å². The van der Waals surface area contributed by atoms with Crippen molar-refractivity contribution in [2.45, 2.75) is 6.92 Å². The van der Waals surface area contributed by atoms with Crippen LogP contribution in [0.1, 0.15) is 5.69 Å². The van der Waals surface area contributed by atoms with Crippen LogP contribution in [0.5, 0.6) is 0 Å². The van der Waals surface area contributed by atoms with Crippen molar-refractivity contribution in [3.63, 3.8) is 0 Å². The maximum atomic E-state index is 13.3. The summed E-state index contributed by atoms with van der Waals surface area (Å²) >= 11 is 0. The van der Waals surface area contributed by atoms with Gasteiger partial charge in [-0.1, -0.05) is 6.07 Å². The molecule has 0 saturated heterocycles. The van der Waals surface area contributed by atoms with Gasteiger partial charge in [0.05, 0.1) is 11.3 Å². The first kappa shape index (κ1) is 8.80. The van der Waals surface area contributed by atoms with Crippen LogP contribution in [0.4, 0.5) is 8.78 Å². The van der Waals surface area contributed by atoms with E-state index in [0.717, 1.165) is 0 Å². The number of benzene rings is 1. The number of halogens is 2. The van der Waals surface area contributed by atoms with E-state index in [1.807, 2.05) is 0 Å². The first-order valence-electron chi connectivity index (χ1n) is 4.02. The molecule has 5 heteroatoms. The Balaban J connectivity index is 2.68. The molecule has 0 aliphatic heterocycles. The molecular formula is C9H7F2N3. The monoisotopic (exact) mass is 195 g/mol. The molecule has 1 N–H and O–H groups in total. The number of H-pyrrole nitrogens is 1. The Bertz CT molecular complexity index is 445. The number of aryl methyl sites for hydroxylation is 1. The fourth-order valence-electron chi connectivity index (χ4n) is 1.24. The van der Waals surface area contributed by atoms with Crippen molar-refractivity contribution in [3.05, 3.63) is 35.5 Å². The fraction of sp³-hybridized carbons (Fsp3) is 0.111. The molecule has 3 nitrogen and oxygen atoms in total. The molecule has 1 heterocycles. The number of nitrogens with one attached hydrogen (secondary N) is 1. The maximum absolute atomic E-state index is 13.3. The summed E-state index contributed by atoms with van der Waals surface area (Å²) in [4.78, 5) is 0. The third kappa shape index (κ3) is 1.26. The van der Waals surface area contributed by atoms with Gasteiger partial charge in [-0.15, -0.1) is 0 Å². The molecular weight excluding hydrogens is 188 g/mol. The van der Waals surface area contributed by atoms with Gasteiger partial charge in [0.2, 0.25) is 0 Å². The Morgan fingerprint density at radius 1 is 1.14 bits per heavy atom. The van der Waals surface area contributed by atoms with E-state index in [1.165, 1.54) is 18.2 Å². The molecule has 0 aliphatic rings. The smallest absolute Gasteiger partial charge is 0.135 e. The highest BCUT2D eigenvalue weighted by atomic mass is 19.1. The maximum Gasteiger partial charge on any atom is 0.135 e. The van der Waals surface area contributed by atoms with Gasteiger partial charge >= 0.3 is 0 Å². The van der Waals surface area contributed by atoms with Crippen molar-refractivity contribution >= 4 is 0 Å². The number of rotatable bonds is 1. The Morgan fingerprint density at radius 2 is 1.79 bits per heavy atom. The quantitative estimate of drug-likeness (QED) is 0.756. The molecule has 2 aromatic rings. The van der Waals surface area contributed by atoms with Gasteiger partial charge in [-0.25, -0.2) is 8.78 Å². The van der Waals surface area contributed by atoms with Gasteiger partial charge in [0, 0.05) is 0 Å². The molecule has 2 rings (SSSR count). The normalized spacial score (nSPS) is 10.5. The van der Waals surface area contributed by atoms with Crippen molar-refractivity contribution in [2.24, 2.45) is 0 Å². The molecule has 72 valence electrons. The van der Waals surface area contributed by atoms with Gasteiger partial charge in [0.25, 0.3) is 0 Å². The van der Waals surface area contributed by atoms with E-state index in [-0.39, 0.29) is 11.3 Å². The van der Waals surface area contributed by atoms with E-state index in [9.17, 15) is 8.78 Å². The summed E-state index contributed by atoms with van der Waals surface area (Å²) in [6.07, 6.45) is 0. The fourth-order valence-corrected chi connectivity index (χ4v) is 1.24. The van der Waals surface area contributed by atoms with Crippen molar-refractivity contribution < 1.29 is 8.78 Å².